The summed E-state index contributed by atoms with van der Waals surface area (Å²) in [6.07, 6.45) is 2.73. The highest BCUT2D eigenvalue weighted by Gasteiger charge is 2.20. The number of nitrogens with zero attached hydrogens (tertiary/aromatic N) is 2. The van der Waals surface area contributed by atoms with Crippen molar-refractivity contribution >= 4 is 10.0 Å². The molecule has 2 N–H and O–H groups in total. The number of sulfonamides is 1. The smallest absolute Gasteiger partial charge is 0.257 e. The van der Waals surface area contributed by atoms with Crippen molar-refractivity contribution in [2.45, 2.75) is 24.1 Å². The minimum atomic E-state index is -3.68. The lowest BCUT2D eigenvalue weighted by Gasteiger charge is -2.25. The minimum absolute atomic E-state index is 0.100. The molecule has 1 atom stereocenters. The average Bonchev–Trinajstić information content (AvgIpc) is 2.43. The first-order chi connectivity index (χ1) is 6.55. The molecule has 0 saturated carbocycles. The molecule has 78 valence electrons. The fourth-order valence-electron chi connectivity index (χ4n) is 1.23. The van der Waals surface area contributed by atoms with Crippen LogP contribution in [0.2, 0.25) is 0 Å². The lowest BCUT2D eigenvalue weighted by atomic mass is 10.2. The Morgan fingerprint density at radius 3 is 2.86 bits per heavy atom. The van der Waals surface area contributed by atoms with Gasteiger partial charge in [-0.1, -0.05) is 0 Å². The van der Waals surface area contributed by atoms with Crippen LogP contribution in [-0.2, 0) is 21.3 Å². The molecular formula is C7H11N3O3S. The average molecular weight is 217 g/mol. The van der Waals surface area contributed by atoms with E-state index in [-0.39, 0.29) is 11.1 Å². The molecule has 0 aliphatic carbocycles. The Kier molecular flexibility index (Phi) is 2.30. The van der Waals surface area contributed by atoms with Crippen molar-refractivity contribution < 1.29 is 13.2 Å². The molecule has 0 amide bonds. The van der Waals surface area contributed by atoms with Gasteiger partial charge in [0, 0.05) is 12.8 Å². The van der Waals surface area contributed by atoms with E-state index in [0.717, 1.165) is 13.0 Å². The molecule has 1 aromatic heterocycles. The number of aromatic nitrogens is 2. The summed E-state index contributed by atoms with van der Waals surface area (Å²) < 4.78 is 28.5. The lowest BCUT2D eigenvalue weighted by molar-refractivity contribution is -0.0610. The third-order valence-corrected chi connectivity index (χ3v) is 2.89. The molecule has 0 spiro atoms. The lowest BCUT2D eigenvalue weighted by Crippen LogP contribution is -2.31. The SMILES string of the molecule is NS(=O)(=O)c1ccn(C[C@@H]2CCO2)n1. The van der Waals surface area contributed by atoms with Gasteiger partial charge in [0.25, 0.3) is 10.0 Å². The maximum absolute atomic E-state index is 10.9. The van der Waals surface area contributed by atoms with Gasteiger partial charge in [-0.2, -0.15) is 5.10 Å². The van der Waals surface area contributed by atoms with Crippen LogP contribution in [0.4, 0.5) is 0 Å². The first kappa shape index (κ1) is 9.63. The summed E-state index contributed by atoms with van der Waals surface area (Å²) in [4.78, 5) is 0. The highest BCUT2D eigenvalue weighted by Crippen LogP contribution is 2.13. The van der Waals surface area contributed by atoms with Gasteiger partial charge < -0.3 is 4.74 Å². The largest absolute Gasteiger partial charge is 0.376 e. The summed E-state index contributed by atoms with van der Waals surface area (Å²) in [5, 5.41) is 8.64. The van der Waals surface area contributed by atoms with E-state index >= 15 is 0 Å². The Bertz CT molecular complexity index is 421. The molecule has 6 nitrogen and oxygen atoms in total. The van der Waals surface area contributed by atoms with Crippen molar-refractivity contribution in [2.75, 3.05) is 6.61 Å². The minimum Gasteiger partial charge on any atom is -0.376 e. The van der Waals surface area contributed by atoms with Crippen LogP contribution >= 0.6 is 0 Å². The van der Waals surface area contributed by atoms with Gasteiger partial charge in [-0.05, 0) is 12.5 Å². The van der Waals surface area contributed by atoms with E-state index in [4.69, 9.17) is 9.88 Å². The number of nitrogens with two attached hydrogens (primary N) is 1. The van der Waals surface area contributed by atoms with Crippen molar-refractivity contribution in [1.29, 1.82) is 0 Å². The third-order valence-electron chi connectivity index (χ3n) is 2.09. The van der Waals surface area contributed by atoms with E-state index in [2.05, 4.69) is 5.10 Å². The Balaban J connectivity index is 2.09. The zero-order chi connectivity index (χ0) is 10.2. The second kappa shape index (κ2) is 3.34. The summed E-state index contributed by atoms with van der Waals surface area (Å²) in [5.41, 5.74) is 0. The molecule has 7 heteroatoms. The fraction of sp³-hybridized carbons (Fsp3) is 0.571. The van der Waals surface area contributed by atoms with Gasteiger partial charge in [0.2, 0.25) is 0 Å². The van der Waals surface area contributed by atoms with Crippen molar-refractivity contribution in [2.24, 2.45) is 5.14 Å². The molecule has 0 unspecified atom stereocenters. The van der Waals surface area contributed by atoms with E-state index < -0.39 is 10.0 Å². The van der Waals surface area contributed by atoms with Gasteiger partial charge in [-0.15, -0.1) is 0 Å². The number of hydrogen-bond acceptors (Lipinski definition) is 4. The number of hydrogen-bond donors (Lipinski definition) is 1. The number of rotatable bonds is 3. The normalized spacial score (nSPS) is 21.9. The van der Waals surface area contributed by atoms with E-state index in [1.165, 1.54) is 10.7 Å². The van der Waals surface area contributed by atoms with Crippen molar-refractivity contribution in [3.63, 3.8) is 0 Å². The molecular weight excluding hydrogens is 206 g/mol. The van der Waals surface area contributed by atoms with Gasteiger partial charge in [-0.25, -0.2) is 13.6 Å². The molecule has 14 heavy (non-hydrogen) atoms. The number of primary sulfonamides is 1. The van der Waals surface area contributed by atoms with E-state index in [9.17, 15) is 8.42 Å². The zero-order valence-electron chi connectivity index (χ0n) is 7.46. The number of ether oxygens (including phenoxy) is 1. The molecule has 1 saturated heterocycles. The van der Waals surface area contributed by atoms with Gasteiger partial charge in [0.05, 0.1) is 12.6 Å². The van der Waals surface area contributed by atoms with Crippen LogP contribution in [0.5, 0.6) is 0 Å². The second-order valence-corrected chi connectivity index (χ2v) is 4.71. The summed E-state index contributed by atoms with van der Waals surface area (Å²) in [6, 6.07) is 1.38. The third kappa shape index (κ3) is 1.94. The fourth-order valence-corrected chi connectivity index (χ4v) is 1.70. The van der Waals surface area contributed by atoms with Crippen molar-refractivity contribution in [1.82, 2.24) is 9.78 Å². The maximum Gasteiger partial charge on any atom is 0.257 e. The Morgan fingerprint density at radius 1 is 1.71 bits per heavy atom. The molecule has 1 aromatic rings. The monoisotopic (exact) mass is 217 g/mol. The summed E-state index contributed by atoms with van der Waals surface area (Å²) in [6.45, 7) is 1.35. The first-order valence-corrected chi connectivity index (χ1v) is 5.78. The van der Waals surface area contributed by atoms with Crippen LogP contribution in [-0.4, -0.2) is 30.9 Å². The van der Waals surface area contributed by atoms with Crippen LogP contribution < -0.4 is 5.14 Å². The quantitative estimate of drug-likeness (QED) is 0.726. The molecule has 2 rings (SSSR count). The van der Waals surface area contributed by atoms with E-state index in [1.54, 1.807) is 6.20 Å². The topological polar surface area (TPSA) is 87.2 Å². The van der Waals surface area contributed by atoms with Crippen LogP contribution in [0.3, 0.4) is 0 Å². The molecule has 0 radical (unpaired) electrons. The van der Waals surface area contributed by atoms with E-state index in [0.29, 0.717) is 6.54 Å². The Labute approximate surface area is 81.7 Å². The van der Waals surface area contributed by atoms with Crippen LogP contribution in [0.1, 0.15) is 6.42 Å². The molecule has 1 aliphatic rings. The Hall–Kier alpha value is -0.920. The molecule has 0 bridgehead atoms. The second-order valence-electron chi connectivity index (χ2n) is 3.20. The summed E-state index contributed by atoms with van der Waals surface area (Å²) in [5.74, 6) is 0. The summed E-state index contributed by atoms with van der Waals surface area (Å²) in [7, 11) is -3.68. The van der Waals surface area contributed by atoms with Gasteiger partial charge >= 0.3 is 0 Å². The molecule has 1 fully saturated rings. The van der Waals surface area contributed by atoms with Gasteiger partial charge in [0.1, 0.15) is 0 Å². The van der Waals surface area contributed by atoms with E-state index in [1.807, 2.05) is 0 Å². The van der Waals surface area contributed by atoms with Crippen molar-refractivity contribution in [3.8, 4) is 0 Å². The summed E-state index contributed by atoms with van der Waals surface area (Å²) >= 11 is 0. The van der Waals surface area contributed by atoms with Crippen LogP contribution in [0, 0.1) is 0 Å². The standard InChI is InChI=1S/C7H11N3O3S/c8-14(11,12)7-1-3-10(9-7)5-6-2-4-13-6/h1,3,6H,2,4-5H2,(H2,8,11,12)/t6-/m0/s1. The molecule has 2 heterocycles. The highest BCUT2D eigenvalue weighted by molar-refractivity contribution is 7.89. The maximum atomic E-state index is 10.9. The predicted molar refractivity (Wildman–Crippen MR) is 48.0 cm³/mol. The molecule has 0 aromatic carbocycles. The first-order valence-electron chi connectivity index (χ1n) is 4.23. The van der Waals surface area contributed by atoms with Crippen molar-refractivity contribution in [3.05, 3.63) is 12.3 Å². The van der Waals surface area contributed by atoms with Gasteiger partial charge in [0.15, 0.2) is 5.03 Å². The zero-order valence-corrected chi connectivity index (χ0v) is 8.27. The predicted octanol–water partition coefficient (Wildman–Crippen LogP) is -0.681. The molecule has 1 aliphatic heterocycles. The highest BCUT2D eigenvalue weighted by atomic mass is 32.2. The van der Waals surface area contributed by atoms with Crippen LogP contribution in [0.25, 0.3) is 0 Å². The van der Waals surface area contributed by atoms with Crippen LogP contribution in [0.15, 0.2) is 17.3 Å². The van der Waals surface area contributed by atoms with Gasteiger partial charge in [-0.3, -0.25) is 4.68 Å². The Morgan fingerprint density at radius 2 is 2.43 bits per heavy atom.